The maximum atomic E-state index is 10.5. The molecule has 5 nitrogen and oxygen atoms in total. The van der Waals surface area contributed by atoms with Crippen molar-refractivity contribution < 1.29 is 19.3 Å². The highest BCUT2D eigenvalue weighted by Gasteiger charge is 2.23. The molecule has 0 heterocycles. The third kappa shape index (κ3) is 5.96. The standard InChI is InChI=1S/C29H37NO4/c1-19(2)21-10-8-20(9-11-21)12-22-13-28(34-7)27(31)17-26(22)30-18-29(3,4)23-14-24(32-5)16-25(15-23)33-6/h8-11,13-17,19,30-31H,12,18H2,1-7H3. The number of benzene rings is 3. The van der Waals surface area contributed by atoms with Gasteiger partial charge in [0, 0.05) is 29.8 Å². The summed E-state index contributed by atoms with van der Waals surface area (Å²) in [7, 11) is 4.89. The lowest BCUT2D eigenvalue weighted by atomic mass is 9.84. The van der Waals surface area contributed by atoms with Gasteiger partial charge in [-0.15, -0.1) is 0 Å². The van der Waals surface area contributed by atoms with Gasteiger partial charge in [-0.25, -0.2) is 0 Å². The number of anilines is 1. The van der Waals surface area contributed by atoms with Crippen LogP contribution in [0.5, 0.6) is 23.0 Å². The Balaban J connectivity index is 1.88. The molecule has 0 spiro atoms. The number of ether oxygens (including phenoxy) is 3. The molecule has 3 rings (SSSR count). The quantitative estimate of drug-likeness (QED) is 0.358. The van der Waals surface area contributed by atoms with Crippen LogP contribution >= 0.6 is 0 Å². The fourth-order valence-corrected chi connectivity index (χ4v) is 3.94. The van der Waals surface area contributed by atoms with Crippen LogP contribution in [0, 0.1) is 0 Å². The van der Waals surface area contributed by atoms with Gasteiger partial charge in [0.05, 0.1) is 21.3 Å². The first kappa shape index (κ1) is 25.3. The number of hydrogen-bond acceptors (Lipinski definition) is 5. The molecule has 5 heteroatoms. The van der Waals surface area contributed by atoms with Gasteiger partial charge in [0.2, 0.25) is 0 Å². The van der Waals surface area contributed by atoms with E-state index in [-0.39, 0.29) is 11.2 Å². The second kappa shape index (κ2) is 10.7. The van der Waals surface area contributed by atoms with E-state index in [0.29, 0.717) is 18.2 Å². The summed E-state index contributed by atoms with van der Waals surface area (Å²) in [6, 6.07) is 18.3. The SMILES string of the molecule is COc1cc(OC)cc(C(C)(C)CNc2cc(O)c(OC)cc2Cc2ccc(C(C)C)cc2)c1. The summed E-state index contributed by atoms with van der Waals surface area (Å²) in [6.45, 7) is 9.38. The highest BCUT2D eigenvalue weighted by atomic mass is 16.5. The molecule has 0 radical (unpaired) electrons. The molecular formula is C29H37NO4. The molecule has 0 aliphatic heterocycles. The zero-order chi connectivity index (χ0) is 24.9. The Morgan fingerprint density at radius 3 is 2.00 bits per heavy atom. The number of aromatic hydroxyl groups is 1. The fourth-order valence-electron chi connectivity index (χ4n) is 3.94. The molecule has 0 saturated heterocycles. The molecule has 34 heavy (non-hydrogen) atoms. The van der Waals surface area contributed by atoms with E-state index in [4.69, 9.17) is 14.2 Å². The van der Waals surface area contributed by atoms with Crippen LogP contribution in [0.2, 0.25) is 0 Å². The van der Waals surface area contributed by atoms with E-state index in [9.17, 15) is 5.11 Å². The van der Waals surface area contributed by atoms with Crippen molar-refractivity contribution in [1.82, 2.24) is 0 Å². The van der Waals surface area contributed by atoms with E-state index in [2.05, 4.69) is 57.3 Å². The van der Waals surface area contributed by atoms with Gasteiger partial charge in [0.15, 0.2) is 11.5 Å². The number of methoxy groups -OCH3 is 3. The molecule has 0 bridgehead atoms. The Hall–Kier alpha value is -3.34. The van der Waals surface area contributed by atoms with E-state index < -0.39 is 0 Å². The smallest absolute Gasteiger partial charge is 0.160 e. The highest BCUT2D eigenvalue weighted by Crippen LogP contribution is 2.36. The van der Waals surface area contributed by atoms with Crippen LogP contribution in [-0.2, 0) is 11.8 Å². The predicted molar refractivity (Wildman–Crippen MR) is 139 cm³/mol. The molecule has 182 valence electrons. The normalized spacial score (nSPS) is 11.4. The number of phenols is 1. The van der Waals surface area contributed by atoms with Crippen LogP contribution in [0.4, 0.5) is 5.69 Å². The van der Waals surface area contributed by atoms with E-state index in [1.807, 2.05) is 24.3 Å². The number of nitrogens with one attached hydrogen (secondary N) is 1. The van der Waals surface area contributed by atoms with Crippen molar-refractivity contribution >= 4 is 5.69 Å². The van der Waals surface area contributed by atoms with Crippen LogP contribution in [0.25, 0.3) is 0 Å². The summed E-state index contributed by atoms with van der Waals surface area (Å²) < 4.78 is 16.3. The zero-order valence-electron chi connectivity index (χ0n) is 21.4. The first-order chi connectivity index (χ1) is 16.2. The van der Waals surface area contributed by atoms with Gasteiger partial charge in [0.25, 0.3) is 0 Å². The van der Waals surface area contributed by atoms with Gasteiger partial charge < -0.3 is 24.6 Å². The second-order valence-corrected chi connectivity index (χ2v) is 9.59. The zero-order valence-corrected chi connectivity index (χ0v) is 21.4. The van der Waals surface area contributed by atoms with Crippen LogP contribution < -0.4 is 19.5 Å². The largest absolute Gasteiger partial charge is 0.504 e. The fraction of sp³-hybridized carbons (Fsp3) is 0.379. The van der Waals surface area contributed by atoms with Crippen LogP contribution in [0.1, 0.15) is 55.9 Å². The lowest BCUT2D eigenvalue weighted by Crippen LogP contribution is -2.28. The summed E-state index contributed by atoms with van der Waals surface area (Å²) in [5, 5.41) is 14.0. The van der Waals surface area contributed by atoms with E-state index >= 15 is 0 Å². The van der Waals surface area contributed by atoms with Crippen molar-refractivity contribution in [2.75, 3.05) is 33.2 Å². The van der Waals surface area contributed by atoms with Crippen molar-refractivity contribution in [2.24, 2.45) is 0 Å². The monoisotopic (exact) mass is 463 g/mol. The Morgan fingerprint density at radius 2 is 1.47 bits per heavy atom. The van der Waals surface area contributed by atoms with Gasteiger partial charge in [-0.2, -0.15) is 0 Å². The molecule has 0 unspecified atom stereocenters. The maximum Gasteiger partial charge on any atom is 0.160 e. The lowest BCUT2D eigenvalue weighted by Gasteiger charge is -2.28. The van der Waals surface area contributed by atoms with Gasteiger partial charge in [-0.3, -0.25) is 0 Å². The minimum Gasteiger partial charge on any atom is -0.504 e. The van der Waals surface area contributed by atoms with Crippen molar-refractivity contribution in [3.8, 4) is 23.0 Å². The Kier molecular flexibility index (Phi) is 7.98. The van der Waals surface area contributed by atoms with Crippen LogP contribution in [-0.4, -0.2) is 33.0 Å². The molecule has 0 amide bonds. The van der Waals surface area contributed by atoms with Gasteiger partial charge in [-0.05, 0) is 52.8 Å². The van der Waals surface area contributed by atoms with Gasteiger partial charge >= 0.3 is 0 Å². The third-order valence-electron chi connectivity index (χ3n) is 6.30. The van der Waals surface area contributed by atoms with E-state index in [1.165, 1.54) is 11.1 Å². The minimum atomic E-state index is -0.229. The molecule has 0 aliphatic rings. The summed E-state index contributed by atoms with van der Waals surface area (Å²) in [6.07, 6.45) is 0.727. The third-order valence-corrected chi connectivity index (χ3v) is 6.30. The molecule has 0 saturated carbocycles. The molecule has 3 aromatic carbocycles. The van der Waals surface area contributed by atoms with Gasteiger partial charge in [0.1, 0.15) is 11.5 Å². The van der Waals surface area contributed by atoms with Crippen molar-refractivity contribution in [2.45, 2.75) is 45.4 Å². The predicted octanol–water partition coefficient (Wildman–Crippen LogP) is 6.52. The first-order valence-electron chi connectivity index (χ1n) is 11.6. The Bertz CT molecular complexity index is 1080. The molecule has 0 fully saturated rings. The number of hydrogen-bond donors (Lipinski definition) is 2. The topological polar surface area (TPSA) is 60.0 Å². The van der Waals surface area contributed by atoms with Crippen molar-refractivity contribution in [3.05, 3.63) is 76.9 Å². The number of rotatable bonds is 10. The summed E-state index contributed by atoms with van der Waals surface area (Å²) in [5.41, 5.74) is 5.34. The van der Waals surface area contributed by atoms with E-state index in [1.54, 1.807) is 27.4 Å². The minimum absolute atomic E-state index is 0.116. The lowest BCUT2D eigenvalue weighted by molar-refractivity contribution is 0.373. The molecule has 0 aromatic heterocycles. The molecule has 3 aromatic rings. The maximum absolute atomic E-state index is 10.5. The molecule has 2 N–H and O–H groups in total. The average Bonchev–Trinajstić information content (AvgIpc) is 2.83. The number of phenolic OH excluding ortho intramolecular Hbond substituents is 1. The highest BCUT2D eigenvalue weighted by molar-refractivity contribution is 5.61. The Labute approximate surface area is 203 Å². The average molecular weight is 464 g/mol. The molecular weight excluding hydrogens is 426 g/mol. The summed E-state index contributed by atoms with van der Waals surface area (Å²) >= 11 is 0. The van der Waals surface area contributed by atoms with Crippen molar-refractivity contribution in [1.29, 1.82) is 0 Å². The van der Waals surface area contributed by atoms with Gasteiger partial charge in [-0.1, -0.05) is 52.0 Å². The molecule has 0 aliphatic carbocycles. The summed E-state index contributed by atoms with van der Waals surface area (Å²) in [5.74, 6) is 2.60. The first-order valence-corrected chi connectivity index (χ1v) is 11.6. The van der Waals surface area contributed by atoms with E-state index in [0.717, 1.165) is 34.7 Å². The summed E-state index contributed by atoms with van der Waals surface area (Å²) in [4.78, 5) is 0. The second-order valence-electron chi connectivity index (χ2n) is 9.59. The van der Waals surface area contributed by atoms with Crippen LogP contribution in [0.3, 0.4) is 0 Å². The van der Waals surface area contributed by atoms with Crippen molar-refractivity contribution in [3.63, 3.8) is 0 Å². The Morgan fingerprint density at radius 1 is 0.853 bits per heavy atom. The van der Waals surface area contributed by atoms with Crippen LogP contribution in [0.15, 0.2) is 54.6 Å². The molecule has 0 atom stereocenters.